The lowest BCUT2D eigenvalue weighted by Crippen LogP contribution is -1.99. The van der Waals surface area contributed by atoms with Gasteiger partial charge in [-0.15, -0.1) is 0 Å². The van der Waals surface area contributed by atoms with Gasteiger partial charge in [0.05, 0.1) is 24.4 Å². The van der Waals surface area contributed by atoms with Crippen molar-refractivity contribution in [3.8, 4) is 17.0 Å². The van der Waals surface area contributed by atoms with Crippen LogP contribution >= 0.6 is 0 Å². The summed E-state index contributed by atoms with van der Waals surface area (Å²) in [7, 11) is 1.66. The molecule has 0 saturated carbocycles. The van der Waals surface area contributed by atoms with Gasteiger partial charge in [0.25, 0.3) is 0 Å². The van der Waals surface area contributed by atoms with Crippen molar-refractivity contribution in [2.24, 2.45) is 5.73 Å². The zero-order valence-electron chi connectivity index (χ0n) is 10.6. The number of nitrogens with one attached hydrogen (secondary N) is 1. The summed E-state index contributed by atoms with van der Waals surface area (Å²) in [6, 6.07) is 7.83. The molecular weight excluding hydrogens is 240 g/mol. The van der Waals surface area contributed by atoms with Gasteiger partial charge in [0.15, 0.2) is 0 Å². The first-order valence-corrected chi connectivity index (χ1v) is 5.99. The van der Waals surface area contributed by atoms with E-state index >= 15 is 0 Å². The van der Waals surface area contributed by atoms with Gasteiger partial charge in [0.1, 0.15) is 5.75 Å². The molecule has 0 bridgehead atoms. The Kier molecular flexibility index (Phi) is 2.89. The van der Waals surface area contributed by atoms with Gasteiger partial charge < -0.3 is 15.5 Å². The highest BCUT2D eigenvalue weighted by atomic mass is 16.5. The summed E-state index contributed by atoms with van der Waals surface area (Å²) in [6.45, 7) is 0.446. The lowest BCUT2D eigenvalue weighted by atomic mass is 10.1. The van der Waals surface area contributed by atoms with E-state index in [4.69, 9.17) is 10.5 Å². The van der Waals surface area contributed by atoms with Crippen LogP contribution in [0.15, 0.2) is 36.7 Å². The maximum atomic E-state index is 5.64. The summed E-state index contributed by atoms with van der Waals surface area (Å²) in [4.78, 5) is 3.22. The first kappa shape index (κ1) is 11.7. The second kappa shape index (κ2) is 4.70. The Morgan fingerprint density at radius 1 is 1.37 bits per heavy atom. The fraction of sp³-hybridized carbons (Fsp3) is 0.143. The molecular formula is C14H14N4O. The molecule has 5 nitrogen and oxygen atoms in total. The summed E-state index contributed by atoms with van der Waals surface area (Å²) in [5, 5.41) is 9.17. The van der Waals surface area contributed by atoms with Gasteiger partial charge in [0.2, 0.25) is 0 Å². The van der Waals surface area contributed by atoms with Crippen LogP contribution in [0.1, 0.15) is 5.56 Å². The van der Waals surface area contributed by atoms with Gasteiger partial charge in [-0.2, -0.15) is 10.2 Å². The molecule has 3 rings (SSSR count). The Bertz CT molecular complexity index is 720. The topological polar surface area (TPSA) is 76.8 Å². The average molecular weight is 254 g/mol. The fourth-order valence-corrected chi connectivity index (χ4v) is 2.17. The number of benzene rings is 1. The Hall–Kier alpha value is -2.40. The van der Waals surface area contributed by atoms with Gasteiger partial charge >= 0.3 is 0 Å². The van der Waals surface area contributed by atoms with E-state index < -0.39 is 0 Å². The fourth-order valence-electron chi connectivity index (χ4n) is 2.17. The Balaban J connectivity index is 2.24. The smallest absolute Gasteiger partial charge is 0.128 e. The Labute approximate surface area is 110 Å². The number of aromatic nitrogens is 3. The summed E-state index contributed by atoms with van der Waals surface area (Å²) >= 11 is 0. The molecule has 0 aliphatic heterocycles. The summed E-state index contributed by atoms with van der Waals surface area (Å²) in [5.41, 5.74) is 9.36. The van der Waals surface area contributed by atoms with E-state index in [2.05, 4.69) is 15.2 Å². The molecule has 1 aromatic carbocycles. The van der Waals surface area contributed by atoms with Crippen molar-refractivity contribution < 1.29 is 4.74 Å². The van der Waals surface area contributed by atoms with Crippen molar-refractivity contribution in [1.82, 2.24) is 15.2 Å². The highest BCUT2D eigenvalue weighted by molar-refractivity contribution is 5.99. The lowest BCUT2D eigenvalue weighted by Gasteiger charge is -2.05. The van der Waals surface area contributed by atoms with E-state index in [0.29, 0.717) is 6.54 Å². The van der Waals surface area contributed by atoms with Gasteiger partial charge in [0, 0.05) is 23.8 Å². The van der Waals surface area contributed by atoms with Crippen LogP contribution in [0.3, 0.4) is 0 Å². The monoisotopic (exact) mass is 254 g/mol. The minimum atomic E-state index is 0.446. The SMILES string of the molecule is COc1cccc2[nH]cc(-c3cc(CN)cnn3)c12. The number of nitrogens with zero attached hydrogens (tertiary/aromatic N) is 2. The standard InChI is InChI=1S/C14H14N4O/c1-19-13-4-2-3-11-14(13)10(8-16-11)12-5-9(6-15)7-17-18-12/h2-5,7-8,16H,6,15H2,1H3. The molecule has 96 valence electrons. The molecule has 2 aromatic heterocycles. The maximum absolute atomic E-state index is 5.64. The van der Waals surface area contributed by atoms with Crippen LogP contribution in [-0.4, -0.2) is 22.3 Å². The van der Waals surface area contributed by atoms with E-state index in [-0.39, 0.29) is 0 Å². The second-order valence-corrected chi connectivity index (χ2v) is 4.24. The number of nitrogens with two attached hydrogens (primary N) is 1. The summed E-state index contributed by atoms with van der Waals surface area (Å²) in [5.74, 6) is 0.814. The van der Waals surface area contributed by atoms with E-state index in [9.17, 15) is 0 Å². The van der Waals surface area contributed by atoms with Crippen molar-refractivity contribution in [1.29, 1.82) is 0 Å². The van der Waals surface area contributed by atoms with Gasteiger partial charge in [-0.25, -0.2) is 0 Å². The molecule has 0 atom stereocenters. The van der Waals surface area contributed by atoms with Crippen LogP contribution in [0.4, 0.5) is 0 Å². The summed E-state index contributed by atoms with van der Waals surface area (Å²) < 4.78 is 5.41. The molecule has 0 fully saturated rings. The molecule has 2 heterocycles. The van der Waals surface area contributed by atoms with Gasteiger partial charge in [-0.05, 0) is 23.8 Å². The highest BCUT2D eigenvalue weighted by Crippen LogP contribution is 2.34. The molecule has 0 aliphatic rings. The number of methoxy groups -OCH3 is 1. The van der Waals surface area contributed by atoms with Crippen molar-refractivity contribution in [3.05, 3.63) is 42.2 Å². The largest absolute Gasteiger partial charge is 0.496 e. The third-order valence-corrected chi connectivity index (χ3v) is 3.11. The summed E-state index contributed by atoms with van der Waals surface area (Å²) in [6.07, 6.45) is 3.59. The molecule has 3 N–H and O–H groups in total. The second-order valence-electron chi connectivity index (χ2n) is 4.24. The third-order valence-electron chi connectivity index (χ3n) is 3.11. The van der Waals surface area contributed by atoms with Crippen molar-refractivity contribution >= 4 is 10.9 Å². The molecule has 0 saturated heterocycles. The van der Waals surface area contributed by atoms with Crippen LogP contribution < -0.4 is 10.5 Å². The first-order chi connectivity index (χ1) is 9.33. The maximum Gasteiger partial charge on any atom is 0.128 e. The number of rotatable bonds is 3. The zero-order chi connectivity index (χ0) is 13.2. The van der Waals surface area contributed by atoms with E-state index in [0.717, 1.165) is 33.5 Å². The van der Waals surface area contributed by atoms with E-state index in [1.807, 2.05) is 30.5 Å². The van der Waals surface area contributed by atoms with Gasteiger partial charge in [-0.1, -0.05) is 6.07 Å². The van der Waals surface area contributed by atoms with Gasteiger partial charge in [-0.3, -0.25) is 0 Å². The molecule has 0 amide bonds. The van der Waals surface area contributed by atoms with Crippen LogP contribution in [0.5, 0.6) is 5.75 Å². The molecule has 0 radical (unpaired) electrons. The van der Waals surface area contributed by atoms with Crippen LogP contribution in [0.25, 0.3) is 22.2 Å². The minimum Gasteiger partial charge on any atom is -0.496 e. The van der Waals surface area contributed by atoms with Crippen LogP contribution in [0.2, 0.25) is 0 Å². The minimum absolute atomic E-state index is 0.446. The van der Waals surface area contributed by atoms with Crippen LogP contribution in [0, 0.1) is 0 Å². The van der Waals surface area contributed by atoms with Crippen molar-refractivity contribution in [2.45, 2.75) is 6.54 Å². The predicted octanol–water partition coefficient (Wildman–Crippen LogP) is 2.09. The quantitative estimate of drug-likeness (QED) is 0.750. The number of fused-ring (bicyclic) bond motifs is 1. The third kappa shape index (κ3) is 1.94. The number of hydrogen-bond donors (Lipinski definition) is 2. The molecule has 0 aliphatic carbocycles. The Morgan fingerprint density at radius 3 is 3.05 bits per heavy atom. The molecule has 5 heteroatoms. The first-order valence-electron chi connectivity index (χ1n) is 5.99. The molecule has 19 heavy (non-hydrogen) atoms. The zero-order valence-corrected chi connectivity index (χ0v) is 10.6. The number of aromatic amines is 1. The van der Waals surface area contributed by atoms with Crippen LogP contribution in [-0.2, 0) is 6.54 Å². The van der Waals surface area contributed by atoms with Crippen molar-refractivity contribution in [2.75, 3.05) is 7.11 Å². The number of ether oxygens (including phenoxy) is 1. The van der Waals surface area contributed by atoms with E-state index in [1.165, 1.54) is 0 Å². The normalized spacial score (nSPS) is 10.8. The molecule has 3 aromatic rings. The lowest BCUT2D eigenvalue weighted by molar-refractivity contribution is 0.420. The molecule has 0 unspecified atom stereocenters. The van der Waals surface area contributed by atoms with Crippen molar-refractivity contribution in [3.63, 3.8) is 0 Å². The predicted molar refractivity (Wildman–Crippen MR) is 73.8 cm³/mol. The number of H-pyrrole nitrogens is 1. The highest BCUT2D eigenvalue weighted by Gasteiger charge is 2.12. The Morgan fingerprint density at radius 2 is 2.26 bits per heavy atom. The molecule has 0 spiro atoms. The van der Waals surface area contributed by atoms with E-state index in [1.54, 1.807) is 13.3 Å². The average Bonchev–Trinajstić information content (AvgIpc) is 2.91. The number of hydrogen-bond acceptors (Lipinski definition) is 4.